The average molecular weight is 461 g/mol. The molecule has 0 saturated heterocycles. The Kier molecular flexibility index (Phi) is 6.27. The topological polar surface area (TPSA) is 101 Å². The average Bonchev–Trinajstić information content (AvgIpc) is 2.83. The molecule has 1 aromatic carbocycles. The summed E-state index contributed by atoms with van der Waals surface area (Å²) >= 11 is 0. The van der Waals surface area contributed by atoms with Gasteiger partial charge in [0.05, 0.1) is 17.2 Å². The molecule has 9 heteroatoms. The first-order chi connectivity index (χ1) is 16.3. The van der Waals surface area contributed by atoms with Crippen LogP contribution in [0.2, 0.25) is 0 Å². The van der Waals surface area contributed by atoms with E-state index in [2.05, 4.69) is 25.9 Å². The number of benzene rings is 1. The molecule has 0 fully saturated rings. The Morgan fingerprint density at radius 3 is 2.65 bits per heavy atom. The van der Waals surface area contributed by atoms with Gasteiger partial charge in [0.1, 0.15) is 11.6 Å². The maximum absolute atomic E-state index is 14.7. The molecule has 4 aromatic rings. The minimum Gasteiger partial charge on any atom is -0.373 e. The number of hydrogen-bond acceptors (Lipinski definition) is 5. The van der Waals surface area contributed by atoms with Crippen molar-refractivity contribution in [3.63, 3.8) is 0 Å². The smallest absolute Gasteiger partial charge is 0.319 e. The van der Waals surface area contributed by atoms with Gasteiger partial charge in [0.25, 0.3) is 5.56 Å². The van der Waals surface area contributed by atoms with Crippen molar-refractivity contribution < 1.29 is 9.18 Å². The van der Waals surface area contributed by atoms with Crippen molar-refractivity contribution >= 4 is 28.4 Å². The van der Waals surface area contributed by atoms with Crippen LogP contribution in [0.5, 0.6) is 0 Å². The van der Waals surface area contributed by atoms with Gasteiger partial charge >= 0.3 is 6.03 Å². The Labute approximate surface area is 195 Å². The first-order valence-corrected chi connectivity index (χ1v) is 10.7. The second kappa shape index (κ2) is 9.30. The van der Waals surface area contributed by atoms with E-state index in [9.17, 15) is 14.0 Å². The highest BCUT2D eigenvalue weighted by molar-refractivity contribution is 5.91. The number of amides is 2. The predicted molar refractivity (Wildman–Crippen MR) is 131 cm³/mol. The quantitative estimate of drug-likeness (QED) is 0.411. The van der Waals surface area contributed by atoms with Crippen molar-refractivity contribution in [3.05, 3.63) is 82.3 Å². The highest BCUT2D eigenvalue weighted by atomic mass is 19.1. The van der Waals surface area contributed by atoms with Gasteiger partial charge in [-0.05, 0) is 54.8 Å². The number of nitrogens with one attached hydrogen (secondary N) is 3. The molecule has 4 rings (SSSR count). The van der Waals surface area contributed by atoms with E-state index in [1.807, 2.05) is 6.07 Å². The van der Waals surface area contributed by atoms with Gasteiger partial charge in [-0.25, -0.2) is 14.2 Å². The Morgan fingerprint density at radius 1 is 1.15 bits per heavy atom. The molecule has 174 valence electrons. The predicted octanol–water partition coefficient (Wildman–Crippen LogP) is 4.37. The lowest BCUT2D eigenvalue weighted by atomic mass is 9.99. The first kappa shape index (κ1) is 22.9. The standard InChI is InChI=1S/C25H25FN6O2/c1-14-8-20(26)21(31-25(34)30-15(2)16-6-5-7-28-12-16)10-18(14)19-9-17-13-29-23(27-3)11-22(17)32(4)24(19)33/h5-13,15H,1-4H3,(H,27,29)(H2,30,31,34). The molecule has 34 heavy (non-hydrogen) atoms. The molecule has 0 saturated carbocycles. The van der Waals surface area contributed by atoms with E-state index in [-0.39, 0.29) is 17.3 Å². The van der Waals surface area contributed by atoms with Crippen LogP contribution in [-0.2, 0) is 7.05 Å². The summed E-state index contributed by atoms with van der Waals surface area (Å²) < 4.78 is 16.3. The zero-order valence-electron chi connectivity index (χ0n) is 19.3. The largest absolute Gasteiger partial charge is 0.373 e. The highest BCUT2D eigenvalue weighted by Crippen LogP contribution is 2.29. The second-order valence-corrected chi connectivity index (χ2v) is 8.05. The zero-order valence-corrected chi connectivity index (χ0v) is 19.3. The molecule has 2 amide bonds. The van der Waals surface area contributed by atoms with Crippen LogP contribution < -0.4 is 21.5 Å². The van der Waals surface area contributed by atoms with Gasteiger partial charge in [0.15, 0.2) is 0 Å². The van der Waals surface area contributed by atoms with E-state index in [1.54, 1.807) is 64.7 Å². The minimum absolute atomic E-state index is 0.0257. The van der Waals surface area contributed by atoms with Crippen molar-refractivity contribution in [1.82, 2.24) is 19.9 Å². The summed E-state index contributed by atoms with van der Waals surface area (Å²) in [6, 6.07) is 9.03. The number of pyridine rings is 3. The van der Waals surface area contributed by atoms with E-state index in [0.29, 0.717) is 22.5 Å². The lowest BCUT2D eigenvalue weighted by Gasteiger charge is -2.16. The summed E-state index contributed by atoms with van der Waals surface area (Å²) in [6.45, 7) is 3.53. The molecule has 8 nitrogen and oxygen atoms in total. The molecular weight excluding hydrogens is 435 g/mol. The second-order valence-electron chi connectivity index (χ2n) is 8.05. The molecule has 3 aromatic heterocycles. The van der Waals surface area contributed by atoms with E-state index in [4.69, 9.17) is 0 Å². The molecule has 0 aliphatic heterocycles. The van der Waals surface area contributed by atoms with Crippen LogP contribution in [0.3, 0.4) is 0 Å². The third kappa shape index (κ3) is 4.45. The summed E-state index contributed by atoms with van der Waals surface area (Å²) in [5, 5.41) is 9.04. The number of carbonyl (C=O) groups excluding carboxylic acids is 1. The fourth-order valence-electron chi connectivity index (χ4n) is 3.82. The monoisotopic (exact) mass is 460 g/mol. The van der Waals surface area contributed by atoms with Crippen molar-refractivity contribution in [1.29, 1.82) is 0 Å². The van der Waals surface area contributed by atoms with E-state index < -0.39 is 11.8 Å². The number of hydrogen-bond donors (Lipinski definition) is 3. The van der Waals surface area contributed by atoms with Crippen molar-refractivity contribution in [2.75, 3.05) is 17.7 Å². The van der Waals surface area contributed by atoms with E-state index in [1.165, 1.54) is 16.7 Å². The number of carbonyl (C=O) groups is 1. The Bertz CT molecular complexity index is 1440. The molecule has 1 atom stereocenters. The lowest BCUT2D eigenvalue weighted by molar-refractivity contribution is 0.249. The van der Waals surface area contributed by atoms with Crippen LogP contribution >= 0.6 is 0 Å². The molecule has 0 radical (unpaired) electrons. The summed E-state index contributed by atoms with van der Waals surface area (Å²) in [5.41, 5.74) is 2.75. The number of anilines is 2. The number of rotatable bonds is 5. The maximum Gasteiger partial charge on any atom is 0.319 e. The summed E-state index contributed by atoms with van der Waals surface area (Å²) in [4.78, 5) is 34.1. The van der Waals surface area contributed by atoms with E-state index >= 15 is 0 Å². The van der Waals surface area contributed by atoms with Crippen LogP contribution in [-0.4, -0.2) is 27.6 Å². The van der Waals surface area contributed by atoms with Gasteiger partial charge in [-0.15, -0.1) is 0 Å². The molecular formula is C25H25FN6O2. The van der Waals surface area contributed by atoms with Gasteiger partial charge in [-0.1, -0.05) is 6.07 Å². The molecule has 0 spiro atoms. The van der Waals surface area contributed by atoms with Crippen LogP contribution in [0.1, 0.15) is 24.1 Å². The molecule has 3 N–H and O–H groups in total. The highest BCUT2D eigenvalue weighted by Gasteiger charge is 2.17. The van der Waals surface area contributed by atoms with Gasteiger partial charge < -0.3 is 20.5 Å². The lowest BCUT2D eigenvalue weighted by Crippen LogP contribution is -2.31. The van der Waals surface area contributed by atoms with Gasteiger partial charge in [-0.2, -0.15) is 0 Å². The summed E-state index contributed by atoms with van der Waals surface area (Å²) in [6.07, 6.45) is 4.97. The summed E-state index contributed by atoms with van der Waals surface area (Å²) in [7, 11) is 3.43. The first-order valence-electron chi connectivity index (χ1n) is 10.7. The Morgan fingerprint density at radius 2 is 1.94 bits per heavy atom. The van der Waals surface area contributed by atoms with Crippen LogP contribution in [0.25, 0.3) is 22.0 Å². The molecule has 1 unspecified atom stereocenters. The van der Waals surface area contributed by atoms with Crippen LogP contribution in [0, 0.1) is 12.7 Å². The maximum atomic E-state index is 14.7. The number of aromatic nitrogens is 3. The zero-order chi connectivity index (χ0) is 24.4. The van der Waals surface area contributed by atoms with E-state index in [0.717, 1.165) is 16.5 Å². The van der Waals surface area contributed by atoms with Crippen LogP contribution in [0.15, 0.2) is 59.8 Å². The number of halogens is 1. The molecule has 3 heterocycles. The van der Waals surface area contributed by atoms with Crippen LogP contribution in [0.4, 0.5) is 20.7 Å². The fraction of sp³-hybridized carbons (Fsp3) is 0.200. The van der Waals surface area contributed by atoms with Crippen molar-refractivity contribution in [3.8, 4) is 11.1 Å². The SMILES string of the molecule is CNc1cc2c(cn1)cc(-c1cc(NC(=O)NC(C)c3cccnc3)c(F)cc1C)c(=O)n2C. The fourth-order valence-corrected chi connectivity index (χ4v) is 3.82. The number of aryl methyl sites for hydroxylation is 2. The Hall–Kier alpha value is -4.27. The minimum atomic E-state index is -0.594. The normalized spacial score (nSPS) is 11.8. The number of fused-ring (bicyclic) bond motifs is 1. The molecule has 0 aliphatic carbocycles. The third-order valence-electron chi connectivity index (χ3n) is 5.75. The van der Waals surface area contributed by atoms with Gasteiger partial charge in [-0.3, -0.25) is 9.78 Å². The van der Waals surface area contributed by atoms with Gasteiger partial charge in [0, 0.05) is 49.7 Å². The number of urea groups is 1. The van der Waals surface area contributed by atoms with Crippen molar-refractivity contribution in [2.45, 2.75) is 19.9 Å². The Balaban J connectivity index is 1.68. The third-order valence-corrected chi connectivity index (χ3v) is 5.75. The van der Waals surface area contributed by atoms with Gasteiger partial charge in [0.2, 0.25) is 0 Å². The molecule has 0 bridgehead atoms. The molecule has 0 aliphatic rings. The van der Waals surface area contributed by atoms with Crippen molar-refractivity contribution in [2.24, 2.45) is 7.05 Å². The summed E-state index contributed by atoms with van der Waals surface area (Å²) in [5.74, 6) is 0.0506. The number of nitrogens with zero attached hydrogens (tertiary/aromatic N) is 3.